The first kappa shape index (κ1) is 18.0. The van der Waals surface area contributed by atoms with Crippen LogP contribution in [0.4, 0.5) is 10.6 Å². The summed E-state index contributed by atoms with van der Waals surface area (Å²) in [6, 6.07) is 4.09. The molecule has 1 amide bonds. The summed E-state index contributed by atoms with van der Waals surface area (Å²) in [5.74, 6) is 0.983. The molecular formula is C17H26BrN3O2. The number of pyridine rings is 1. The van der Waals surface area contributed by atoms with Crippen LogP contribution in [-0.4, -0.2) is 35.3 Å². The lowest BCUT2D eigenvalue weighted by Crippen LogP contribution is -2.54. The molecule has 0 aromatic carbocycles. The van der Waals surface area contributed by atoms with E-state index < -0.39 is 5.60 Å². The van der Waals surface area contributed by atoms with Crippen molar-refractivity contribution in [3.63, 3.8) is 0 Å². The molecule has 2 rings (SSSR count). The van der Waals surface area contributed by atoms with E-state index in [-0.39, 0.29) is 11.6 Å². The van der Waals surface area contributed by atoms with E-state index in [1.54, 1.807) is 0 Å². The van der Waals surface area contributed by atoms with Gasteiger partial charge in [-0.05, 0) is 81.1 Å². The van der Waals surface area contributed by atoms with Gasteiger partial charge in [-0.2, -0.15) is 0 Å². The Morgan fingerprint density at radius 1 is 1.35 bits per heavy atom. The normalized spacial score (nSPS) is 17.7. The third-order valence-corrected chi connectivity index (χ3v) is 4.32. The molecule has 5 nitrogen and oxygen atoms in total. The molecule has 2 heterocycles. The summed E-state index contributed by atoms with van der Waals surface area (Å²) in [5.41, 5.74) is 0.473. The molecule has 6 heteroatoms. The van der Waals surface area contributed by atoms with Crippen molar-refractivity contribution in [2.45, 2.75) is 58.6 Å². The number of anilines is 1. The summed E-state index contributed by atoms with van der Waals surface area (Å²) in [6.07, 6.45) is 1.38. The molecule has 1 aliphatic heterocycles. The minimum Gasteiger partial charge on any atom is -0.444 e. The molecule has 1 aromatic rings. The standard InChI is InChI=1S/C17H26BrN3O2/c1-12-10-13(18)19-14(11-12)21-8-6-17(5,7-9-21)20-15(22)23-16(2,3)4/h10-11H,6-9H2,1-5H3,(H,20,22). The number of halogens is 1. The molecule has 0 bridgehead atoms. The Kier molecular flexibility index (Phi) is 5.23. The number of rotatable bonds is 2. The van der Waals surface area contributed by atoms with Gasteiger partial charge in [0.15, 0.2) is 0 Å². The SMILES string of the molecule is Cc1cc(Br)nc(N2CCC(C)(NC(=O)OC(C)(C)C)CC2)c1. The summed E-state index contributed by atoms with van der Waals surface area (Å²) >= 11 is 3.45. The van der Waals surface area contributed by atoms with Crippen LogP contribution in [-0.2, 0) is 4.74 Å². The lowest BCUT2D eigenvalue weighted by Gasteiger charge is -2.40. The lowest BCUT2D eigenvalue weighted by atomic mass is 9.90. The minimum absolute atomic E-state index is 0.236. The number of carbonyl (C=O) groups is 1. The van der Waals surface area contributed by atoms with Crippen LogP contribution in [0.3, 0.4) is 0 Å². The van der Waals surface area contributed by atoms with E-state index in [1.165, 1.54) is 5.56 Å². The van der Waals surface area contributed by atoms with E-state index >= 15 is 0 Å². The first-order valence-corrected chi connectivity index (χ1v) is 8.76. The zero-order chi connectivity index (χ0) is 17.3. The van der Waals surface area contributed by atoms with Crippen LogP contribution in [0.1, 0.15) is 46.1 Å². The second kappa shape index (κ2) is 6.67. The van der Waals surface area contributed by atoms with E-state index in [1.807, 2.05) is 26.8 Å². The number of aromatic nitrogens is 1. The zero-order valence-electron chi connectivity index (χ0n) is 14.6. The smallest absolute Gasteiger partial charge is 0.408 e. The van der Waals surface area contributed by atoms with Gasteiger partial charge in [-0.1, -0.05) is 0 Å². The highest BCUT2D eigenvalue weighted by molar-refractivity contribution is 9.10. The maximum atomic E-state index is 12.0. The number of alkyl carbamates (subject to hydrolysis) is 1. The van der Waals surface area contributed by atoms with Crippen LogP contribution in [0, 0.1) is 6.92 Å². The number of nitrogens with one attached hydrogen (secondary N) is 1. The second-order valence-electron chi connectivity index (χ2n) is 7.50. The summed E-state index contributed by atoms with van der Waals surface area (Å²) < 4.78 is 6.22. The maximum Gasteiger partial charge on any atom is 0.408 e. The van der Waals surface area contributed by atoms with Crippen molar-refractivity contribution >= 4 is 27.8 Å². The Hall–Kier alpha value is -1.30. The van der Waals surface area contributed by atoms with Crippen LogP contribution >= 0.6 is 15.9 Å². The Balaban J connectivity index is 1.95. The number of aryl methyl sites for hydroxylation is 1. The predicted molar refractivity (Wildman–Crippen MR) is 95.9 cm³/mol. The van der Waals surface area contributed by atoms with Crippen molar-refractivity contribution in [2.75, 3.05) is 18.0 Å². The van der Waals surface area contributed by atoms with Gasteiger partial charge in [0.2, 0.25) is 0 Å². The Morgan fingerprint density at radius 3 is 2.48 bits per heavy atom. The van der Waals surface area contributed by atoms with Gasteiger partial charge in [0.25, 0.3) is 0 Å². The molecule has 0 spiro atoms. The van der Waals surface area contributed by atoms with Crippen molar-refractivity contribution in [3.05, 3.63) is 22.3 Å². The number of amides is 1. The van der Waals surface area contributed by atoms with Gasteiger partial charge in [-0.3, -0.25) is 0 Å². The van der Waals surface area contributed by atoms with E-state index in [2.05, 4.69) is 51.0 Å². The van der Waals surface area contributed by atoms with Crippen LogP contribution in [0.15, 0.2) is 16.7 Å². The lowest BCUT2D eigenvalue weighted by molar-refractivity contribution is 0.0448. The van der Waals surface area contributed by atoms with Crippen LogP contribution in [0.25, 0.3) is 0 Å². The van der Waals surface area contributed by atoms with E-state index in [0.717, 1.165) is 36.4 Å². The number of nitrogens with zero attached hydrogens (tertiary/aromatic N) is 2. The Bertz CT molecular complexity index is 555. The third-order valence-electron chi connectivity index (χ3n) is 3.92. The summed E-state index contributed by atoms with van der Waals surface area (Å²) in [6.45, 7) is 11.5. The largest absolute Gasteiger partial charge is 0.444 e. The predicted octanol–water partition coefficient (Wildman–Crippen LogP) is 4.04. The van der Waals surface area contributed by atoms with Gasteiger partial charge < -0.3 is 15.0 Å². The van der Waals surface area contributed by atoms with Crippen LogP contribution in [0.2, 0.25) is 0 Å². The molecule has 0 unspecified atom stereocenters. The molecule has 0 saturated carbocycles. The summed E-state index contributed by atoms with van der Waals surface area (Å²) in [7, 11) is 0. The number of ether oxygens (including phenoxy) is 1. The second-order valence-corrected chi connectivity index (χ2v) is 8.31. The van der Waals surface area contributed by atoms with Crippen molar-refractivity contribution in [3.8, 4) is 0 Å². The van der Waals surface area contributed by atoms with Crippen molar-refractivity contribution in [1.29, 1.82) is 0 Å². The topological polar surface area (TPSA) is 54.5 Å². The molecule has 1 saturated heterocycles. The fourth-order valence-electron chi connectivity index (χ4n) is 2.67. The Labute approximate surface area is 146 Å². The molecule has 0 atom stereocenters. The number of hydrogen-bond donors (Lipinski definition) is 1. The molecule has 1 aromatic heterocycles. The summed E-state index contributed by atoms with van der Waals surface area (Å²) in [4.78, 5) is 18.8. The molecule has 0 aliphatic carbocycles. The molecule has 1 fully saturated rings. The third kappa shape index (κ3) is 5.37. The highest BCUT2D eigenvalue weighted by atomic mass is 79.9. The fraction of sp³-hybridized carbons (Fsp3) is 0.647. The van der Waals surface area contributed by atoms with E-state index in [9.17, 15) is 4.79 Å². The molecule has 1 aliphatic rings. The van der Waals surface area contributed by atoms with Gasteiger partial charge in [0.05, 0.1) is 0 Å². The fourth-order valence-corrected chi connectivity index (χ4v) is 3.22. The monoisotopic (exact) mass is 383 g/mol. The number of piperidine rings is 1. The molecule has 0 radical (unpaired) electrons. The van der Waals surface area contributed by atoms with Crippen molar-refractivity contribution in [1.82, 2.24) is 10.3 Å². The van der Waals surface area contributed by atoms with Crippen molar-refractivity contribution < 1.29 is 9.53 Å². The van der Waals surface area contributed by atoms with E-state index in [0.29, 0.717) is 0 Å². The number of hydrogen-bond acceptors (Lipinski definition) is 4. The highest BCUT2D eigenvalue weighted by Gasteiger charge is 2.33. The molecule has 23 heavy (non-hydrogen) atoms. The van der Waals surface area contributed by atoms with Crippen LogP contribution < -0.4 is 10.2 Å². The first-order valence-electron chi connectivity index (χ1n) is 7.97. The van der Waals surface area contributed by atoms with Gasteiger partial charge >= 0.3 is 6.09 Å². The number of carbonyl (C=O) groups excluding carboxylic acids is 1. The van der Waals surface area contributed by atoms with Gasteiger partial charge in [-0.25, -0.2) is 9.78 Å². The average molecular weight is 384 g/mol. The molecule has 128 valence electrons. The van der Waals surface area contributed by atoms with Gasteiger partial charge in [0.1, 0.15) is 16.0 Å². The maximum absolute atomic E-state index is 12.0. The minimum atomic E-state index is -0.473. The van der Waals surface area contributed by atoms with Crippen molar-refractivity contribution in [2.24, 2.45) is 0 Å². The highest BCUT2D eigenvalue weighted by Crippen LogP contribution is 2.27. The zero-order valence-corrected chi connectivity index (χ0v) is 16.2. The molecular weight excluding hydrogens is 358 g/mol. The quantitative estimate of drug-likeness (QED) is 0.782. The first-order chi connectivity index (χ1) is 10.6. The Morgan fingerprint density at radius 2 is 1.96 bits per heavy atom. The summed E-state index contributed by atoms with van der Waals surface area (Å²) in [5, 5.41) is 3.03. The molecule has 1 N–H and O–H groups in total. The van der Waals surface area contributed by atoms with Gasteiger partial charge in [0, 0.05) is 18.6 Å². The average Bonchev–Trinajstić information content (AvgIpc) is 2.35. The van der Waals surface area contributed by atoms with Gasteiger partial charge in [-0.15, -0.1) is 0 Å². The van der Waals surface area contributed by atoms with E-state index in [4.69, 9.17) is 4.74 Å². The van der Waals surface area contributed by atoms with Crippen LogP contribution in [0.5, 0.6) is 0 Å².